The summed E-state index contributed by atoms with van der Waals surface area (Å²) in [4.78, 5) is 12.9. The Bertz CT molecular complexity index is 562. The van der Waals surface area contributed by atoms with E-state index in [0.717, 1.165) is 51.2 Å². The van der Waals surface area contributed by atoms with Gasteiger partial charge in [0.15, 0.2) is 6.29 Å². The van der Waals surface area contributed by atoms with Crippen molar-refractivity contribution in [2.24, 2.45) is 0 Å². The number of phenolic OH excluding ortho intramolecular Hbond substituents is 1. The number of benzene rings is 1. The average Bonchev–Trinajstić information content (AvgIpc) is 3.13. The molecule has 1 aromatic rings. The molecule has 3 N–H and O–H groups in total. The number of likely N-dealkylation sites (N-methyl/N-ethyl adjacent to an activating group) is 1. The van der Waals surface area contributed by atoms with Crippen molar-refractivity contribution < 1.29 is 19.4 Å². The Labute approximate surface area is 155 Å². The summed E-state index contributed by atoms with van der Waals surface area (Å²) in [7, 11) is 3.84. The molecule has 0 amide bonds. The molecule has 7 heteroatoms. The molecular weight excluding hydrogens is 334 g/mol. The fraction of sp³-hybridized carbons (Fsp3) is 0.632. The van der Waals surface area contributed by atoms with Crippen LogP contribution in [0.1, 0.15) is 18.4 Å². The lowest BCUT2D eigenvalue weighted by molar-refractivity contribution is -0.109. The van der Waals surface area contributed by atoms with E-state index in [9.17, 15) is 9.90 Å². The Morgan fingerprint density at radius 3 is 2.96 bits per heavy atom. The van der Waals surface area contributed by atoms with E-state index in [4.69, 9.17) is 9.47 Å². The second-order valence-electron chi connectivity index (χ2n) is 6.57. The maximum atomic E-state index is 10.6. The Morgan fingerprint density at radius 1 is 1.42 bits per heavy atom. The van der Waals surface area contributed by atoms with Crippen LogP contribution in [0.5, 0.6) is 11.5 Å². The molecule has 2 rings (SSSR count). The summed E-state index contributed by atoms with van der Waals surface area (Å²) < 4.78 is 11.2. The van der Waals surface area contributed by atoms with Crippen LogP contribution in [-0.2, 0) is 16.0 Å². The average molecular weight is 365 g/mol. The molecule has 1 aromatic carbocycles. The third-order valence-electron chi connectivity index (χ3n) is 4.54. The smallest absolute Gasteiger partial charge is 0.157 e. The van der Waals surface area contributed by atoms with Crippen molar-refractivity contribution >= 4 is 12.0 Å². The number of aromatic hydroxyl groups is 1. The molecule has 146 valence electrons. The summed E-state index contributed by atoms with van der Waals surface area (Å²) in [5.41, 5.74) is 1.47. The highest BCUT2D eigenvalue weighted by Gasteiger charge is 2.17. The summed E-state index contributed by atoms with van der Waals surface area (Å²) in [6, 6.07) is 3.48. The number of hydrogen-bond donors (Lipinski definition) is 3. The van der Waals surface area contributed by atoms with Crippen LogP contribution in [0.25, 0.3) is 0 Å². The minimum atomic E-state index is -0.0351. The molecule has 1 fully saturated rings. The zero-order chi connectivity index (χ0) is 18.8. The van der Waals surface area contributed by atoms with Crippen LogP contribution in [0, 0.1) is 0 Å². The van der Waals surface area contributed by atoms with Crippen LogP contribution in [0.4, 0.5) is 5.69 Å². The molecule has 0 aliphatic carbocycles. The first kappa shape index (κ1) is 20.5. The zero-order valence-corrected chi connectivity index (χ0v) is 15.8. The predicted molar refractivity (Wildman–Crippen MR) is 102 cm³/mol. The molecule has 1 aliphatic rings. The maximum Gasteiger partial charge on any atom is 0.157 e. The number of rotatable bonds is 12. The van der Waals surface area contributed by atoms with E-state index in [1.165, 1.54) is 6.42 Å². The van der Waals surface area contributed by atoms with E-state index >= 15 is 0 Å². The Balaban J connectivity index is 1.76. The number of nitrogens with one attached hydrogen (secondary N) is 2. The van der Waals surface area contributed by atoms with Crippen LogP contribution in [0.15, 0.2) is 12.1 Å². The summed E-state index contributed by atoms with van der Waals surface area (Å²) in [6.45, 7) is 4.49. The molecule has 1 unspecified atom stereocenters. The number of anilines is 1. The highest BCUT2D eigenvalue weighted by molar-refractivity contribution is 5.69. The van der Waals surface area contributed by atoms with Crippen molar-refractivity contribution in [2.45, 2.75) is 25.4 Å². The summed E-state index contributed by atoms with van der Waals surface area (Å²) >= 11 is 0. The van der Waals surface area contributed by atoms with Gasteiger partial charge in [-0.2, -0.15) is 0 Å². The first-order valence-corrected chi connectivity index (χ1v) is 9.25. The molecule has 0 aromatic heterocycles. The van der Waals surface area contributed by atoms with Crippen LogP contribution in [0.2, 0.25) is 0 Å². The van der Waals surface area contributed by atoms with Crippen LogP contribution >= 0.6 is 0 Å². The van der Waals surface area contributed by atoms with E-state index in [-0.39, 0.29) is 12.4 Å². The van der Waals surface area contributed by atoms with Crippen molar-refractivity contribution in [3.63, 3.8) is 0 Å². The van der Waals surface area contributed by atoms with E-state index in [2.05, 4.69) is 22.6 Å². The highest BCUT2D eigenvalue weighted by atomic mass is 16.5. The molecule has 1 aliphatic heterocycles. The molecular formula is C19H31N3O4. The number of ether oxygens (including phenoxy) is 2. The second-order valence-corrected chi connectivity index (χ2v) is 6.57. The highest BCUT2D eigenvalue weighted by Crippen LogP contribution is 2.36. The largest absolute Gasteiger partial charge is 0.506 e. The molecule has 26 heavy (non-hydrogen) atoms. The van der Waals surface area contributed by atoms with Gasteiger partial charge in [-0.15, -0.1) is 0 Å². The lowest BCUT2D eigenvalue weighted by Crippen LogP contribution is -2.35. The van der Waals surface area contributed by atoms with Crippen LogP contribution in [-0.4, -0.2) is 75.9 Å². The number of carbonyl (C=O) groups excluding carboxylic acids is 1. The van der Waals surface area contributed by atoms with Gasteiger partial charge in [0.25, 0.3) is 0 Å². The molecule has 0 saturated carbocycles. The second kappa shape index (κ2) is 11.0. The first-order valence-electron chi connectivity index (χ1n) is 9.25. The summed E-state index contributed by atoms with van der Waals surface area (Å²) in [5.74, 6) is 0.651. The lowest BCUT2D eigenvalue weighted by atomic mass is 10.1. The minimum absolute atomic E-state index is 0.0351. The van der Waals surface area contributed by atoms with E-state index in [1.807, 2.05) is 6.07 Å². The number of nitrogens with zero attached hydrogens (tertiary/aromatic N) is 1. The molecule has 7 nitrogen and oxygen atoms in total. The first-order chi connectivity index (χ1) is 12.7. The van der Waals surface area contributed by atoms with Gasteiger partial charge in [-0.1, -0.05) is 6.07 Å². The van der Waals surface area contributed by atoms with E-state index < -0.39 is 0 Å². The minimum Gasteiger partial charge on any atom is -0.506 e. The van der Waals surface area contributed by atoms with Crippen LogP contribution in [0.3, 0.4) is 0 Å². The van der Waals surface area contributed by atoms with Crippen molar-refractivity contribution in [3.8, 4) is 11.5 Å². The van der Waals surface area contributed by atoms with Gasteiger partial charge >= 0.3 is 0 Å². The van der Waals surface area contributed by atoms with Crippen molar-refractivity contribution in [1.82, 2.24) is 10.2 Å². The fourth-order valence-corrected chi connectivity index (χ4v) is 3.18. The third-order valence-corrected chi connectivity index (χ3v) is 4.54. The van der Waals surface area contributed by atoms with Gasteiger partial charge in [0, 0.05) is 33.3 Å². The quantitative estimate of drug-likeness (QED) is 0.292. The molecule has 0 bridgehead atoms. The Kier molecular flexibility index (Phi) is 8.67. The monoisotopic (exact) mass is 365 g/mol. The lowest BCUT2D eigenvalue weighted by Gasteiger charge is -2.20. The molecule has 1 heterocycles. The van der Waals surface area contributed by atoms with Gasteiger partial charge < -0.3 is 30.1 Å². The fourth-order valence-electron chi connectivity index (χ4n) is 3.18. The summed E-state index contributed by atoms with van der Waals surface area (Å²) in [6.07, 6.45) is 4.17. The van der Waals surface area contributed by atoms with Crippen molar-refractivity contribution in [2.75, 3.05) is 58.8 Å². The Morgan fingerprint density at radius 2 is 2.27 bits per heavy atom. The SMILES string of the molecule is CNc1c(O)ccc(CCNCCN(C)CC2CCCO2)c1OCC=O. The van der Waals surface area contributed by atoms with Gasteiger partial charge in [0.2, 0.25) is 0 Å². The van der Waals surface area contributed by atoms with Gasteiger partial charge in [-0.05, 0) is 44.5 Å². The normalized spacial score (nSPS) is 16.8. The molecule has 1 atom stereocenters. The number of aldehydes is 1. The van der Waals surface area contributed by atoms with Gasteiger partial charge in [0.05, 0.1) is 6.10 Å². The standard InChI is InChI=1S/C19H31N3O4/c1-20-18-17(24)6-5-15(19(18)26-13-11-23)7-8-21-9-10-22(2)14-16-4-3-12-25-16/h5-6,11,16,20-21,24H,3-4,7-10,12-14H2,1-2H3. The van der Waals surface area contributed by atoms with Crippen molar-refractivity contribution in [3.05, 3.63) is 17.7 Å². The zero-order valence-electron chi connectivity index (χ0n) is 15.8. The van der Waals surface area contributed by atoms with E-state index in [0.29, 0.717) is 23.8 Å². The maximum absolute atomic E-state index is 10.6. The Hall–Kier alpha value is -1.83. The van der Waals surface area contributed by atoms with Gasteiger partial charge in [-0.25, -0.2) is 0 Å². The van der Waals surface area contributed by atoms with Gasteiger partial charge in [-0.3, -0.25) is 4.79 Å². The molecule has 1 saturated heterocycles. The third kappa shape index (κ3) is 6.16. The van der Waals surface area contributed by atoms with Gasteiger partial charge in [0.1, 0.15) is 23.8 Å². The summed E-state index contributed by atoms with van der Waals surface area (Å²) in [5, 5.41) is 16.3. The number of carbonyl (C=O) groups is 1. The predicted octanol–water partition coefficient (Wildman–Crippen LogP) is 1.25. The van der Waals surface area contributed by atoms with Crippen LogP contribution < -0.4 is 15.4 Å². The molecule has 0 spiro atoms. The number of hydrogen-bond acceptors (Lipinski definition) is 7. The van der Waals surface area contributed by atoms with E-state index in [1.54, 1.807) is 13.1 Å². The van der Waals surface area contributed by atoms with Crippen molar-refractivity contribution in [1.29, 1.82) is 0 Å². The number of phenols is 1. The topological polar surface area (TPSA) is 83.1 Å². The molecule has 0 radical (unpaired) electrons.